The summed E-state index contributed by atoms with van der Waals surface area (Å²) >= 11 is 1.71. The van der Waals surface area contributed by atoms with Gasteiger partial charge in [-0.05, 0) is 29.5 Å². The maximum absolute atomic E-state index is 11.3. The van der Waals surface area contributed by atoms with E-state index in [0.717, 1.165) is 30.2 Å². The van der Waals surface area contributed by atoms with Crippen LogP contribution in [0.4, 0.5) is 0 Å². The molecule has 138 valence electrons. The molecule has 2 rings (SSSR count). The maximum atomic E-state index is 11.3. The maximum Gasteiger partial charge on any atom is 0.191 e. The van der Waals surface area contributed by atoms with E-state index in [4.69, 9.17) is 0 Å². The number of hydrogen-bond acceptors (Lipinski definition) is 4. The molecule has 1 aromatic carbocycles. The fourth-order valence-corrected chi connectivity index (χ4v) is 3.58. The summed E-state index contributed by atoms with van der Waals surface area (Å²) in [7, 11) is -3.00. The molecule has 0 spiro atoms. The molecule has 0 unspecified atom stereocenters. The summed E-state index contributed by atoms with van der Waals surface area (Å²) in [4.78, 5) is 5.82. The molecule has 1 heterocycles. The van der Waals surface area contributed by atoms with E-state index in [1.807, 2.05) is 37.3 Å². The van der Waals surface area contributed by atoms with Crippen LogP contribution in [0.2, 0.25) is 0 Å². The monoisotopic (exact) mass is 493 g/mol. The standard InChI is InChI=1S/C17H23N3O2S2.HI/c1-3-18-17(20-12-16-5-4-10-23-16)19-11-14-6-8-15(9-7-14)13-24(2,21)22;/h4-10H,3,11-13H2,1-2H3,(H2,18,19,20);1H. The van der Waals surface area contributed by atoms with Crippen molar-refractivity contribution in [1.82, 2.24) is 10.6 Å². The lowest BCUT2D eigenvalue weighted by Crippen LogP contribution is -2.36. The predicted molar refractivity (Wildman–Crippen MR) is 116 cm³/mol. The zero-order chi connectivity index (χ0) is 17.4. The Bertz CT molecular complexity index is 758. The smallest absolute Gasteiger partial charge is 0.191 e. The van der Waals surface area contributed by atoms with Gasteiger partial charge in [-0.1, -0.05) is 30.3 Å². The van der Waals surface area contributed by atoms with Gasteiger partial charge in [-0.15, -0.1) is 35.3 Å². The Balaban J connectivity index is 0.00000312. The number of rotatable bonds is 7. The minimum atomic E-state index is -3.00. The van der Waals surface area contributed by atoms with Crippen LogP contribution in [0.1, 0.15) is 22.9 Å². The summed E-state index contributed by atoms with van der Waals surface area (Å²) in [6.07, 6.45) is 1.24. The van der Waals surface area contributed by atoms with E-state index in [2.05, 4.69) is 27.1 Å². The summed E-state index contributed by atoms with van der Waals surface area (Å²) in [6, 6.07) is 11.7. The number of thiophene rings is 1. The van der Waals surface area contributed by atoms with Crippen molar-refractivity contribution >= 4 is 51.1 Å². The van der Waals surface area contributed by atoms with Crippen molar-refractivity contribution in [3.8, 4) is 0 Å². The van der Waals surface area contributed by atoms with Crippen molar-refractivity contribution in [2.45, 2.75) is 25.8 Å². The zero-order valence-electron chi connectivity index (χ0n) is 14.4. The first-order chi connectivity index (χ1) is 11.5. The van der Waals surface area contributed by atoms with Gasteiger partial charge in [0.05, 0.1) is 18.8 Å². The number of sulfone groups is 1. The molecule has 0 aliphatic rings. The van der Waals surface area contributed by atoms with Crippen LogP contribution in [-0.2, 0) is 28.7 Å². The number of aliphatic imine (C=N–C) groups is 1. The van der Waals surface area contributed by atoms with Crippen LogP contribution in [0.3, 0.4) is 0 Å². The first-order valence-electron chi connectivity index (χ1n) is 7.76. The summed E-state index contributed by atoms with van der Waals surface area (Å²) < 4.78 is 22.6. The van der Waals surface area contributed by atoms with Crippen LogP contribution >= 0.6 is 35.3 Å². The largest absolute Gasteiger partial charge is 0.357 e. The number of halogens is 1. The van der Waals surface area contributed by atoms with E-state index in [-0.39, 0.29) is 29.7 Å². The van der Waals surface area contributed by atoms with E-state index < -0.39 is 9.84 Å². The molecule has 0 saturated carbocycles. The van der Waals surface area contributed by atoms with Crippen molar-refractivity contribution < 1.29 is 8.42 Å². The van der Waals surface area contributed by atoms with Gasteiger partial charge in [0.25, 0.3) is 0 Å². The normalized spacial score (nSPS) is 11.7. The third-order valence-electron chi connectivity index (χ3n) is 3.23. The highest BCUT2D eigenvalue weighted by Crippen LogP contribution is 2.09. The van der Waals surface area contributed by atoms with Gasteiger partial charge >= 0.3 is 0 Å². The van der Waals surface area contributed by atoms with Gasteiger partial charge in [-0.25, -0.2) is 13.4 Å². The molecule has 0 amide bonds. The summed E-state index contributed by atoms with van der Waals surface area (Å²) in [5, 5.41) is 8.58. The molecule has 0 aliphatic carbocycles. The van der Waals surface area contributed by atoms with Gasteiger partial charge in [0.2, 0.25) is 0 Å². The molecule has 0 fully saturated rings. The Morgan fingerprint density at radius 3 is 2.36 bits per heavy atom. The van der Waals surface area contributed by atoms with Gasteiger partial charge in [0.15, 0.2) is 15.8 Å². The predicted octanol–water partition coefficient (Wildman–Crippen LogP) is 3.17. The van der Waals surface area contributed by atoms with Gasteiger partial charge in [0, 0.05) is 17.7 Å². The molecule has 5 nitrogen and oxygen atoms in total. The highest BCUT2D eigenvalue weighted by atomic mass is 127. The fraction of sp³-hybridized carbons (Fsp3) is 0.353. The first-order valence-corrected chi connectivity index (χ1v) is 10.7. The molecule has 0 aliphatic heterocycles. The highest BCUT2D eigenvalue weighted by Gasteiger charge is 2.04. The Labute approximate surface area is 170 Å². The van der Waals surface area contributed by atoms with Crippen molar-refractivity contribution in [3.63, 3.8) is 0 Å². The zero-order valence-corrected chi connectivity index (χ0v) is 18.3. The van der Waals surface area contributed by atoms with Crippen molar-refractivity contribution in [1.29, 1.82) is 0 Å². The third-order valence-corrected chi connectivity index (χ3v) is 4.96. The van der Waals surface area contributed by atoms with Crippen molar-refractivity contribution in [2.24, 2.45) is 4.99 Å². The minimum Gasteiger partial charge on any atom is -0.357 e. The lowest BCUT2D eigenvalue weighted by Gasteiger charge is -2.10. The van der Waals surface area contributed by atoms with Crippen LogP contribution < -0.4 is 10.6 Å². The highest BCUT2D eigenvalue weighted by molar-refractivity contribution is 14.0. The summed E-state index contributed by atoms with van der Waals surface area (Å²) in [5.74, 6) is 0.841. The Morgan fingerprint density at radius 2 is 1.80 bits per heavy atom. The lowest BCUT2D eigenvalue weighted by atomic mass is 10.1. The Kier molecular flexibility index (Phi) is 9.44. The average Bonchev–Trinajstić information content (AvgIpc) is 3.03. The van der Waals surface area contributed by atoms with E-state index >= 15 is 0 Å². The molecular formula is C17H24IN3O2S2. The number of benzene rings is 1. The van der Waals surface area contributed by atoms with Gasteiger partial charge < -0.3 is 10.6 Å². The van der Waals surface area contributed by atoms with Gasteiger partial charge in [0.1, 0.15) is 0 Å². The molecule has 1 aromatic heterocycles. The molecule has 2 N–H and O–H groups in total. The van der Waals surface area contributed by atoms with Crippen LogP contribution in [0.25, 0.3) is 0 Å². The van der Waals surface area contributed by atoms with Crippen LogP contribution in [0.15, 0.2) is 46.8 Å². The second-order valence-corrected chi connectivity index (χ2v) is 8.69. The summed E-state index contributed by atoms with van der Waals surface area (Å²) in [6.45, 7) is 4.11. The van der Waals surface area contributed by atoms with Crippen molar-refractivity contribution in [3.05, 3.63) is 57.8 Å². The Hall–Kier alpha value is -1.13. The van der Waals surface area contributed by atoms with E-state index in [1.165, 1.54) is 11.1 Å². The number of nitrogens with one attached hydrogen (secondary N) is 2. The molecule has 0 bridgehead atoms. The molecule has 25 heavy (non-hydrogen) atoms. The van der Waals surface area contributed by atoms with Crippen LogP contribution in [0, 0.1) is 0 Å². The molecule has 2 aromatic rings. The Morgan fingerprint density at radius 1 is 1.12 bits per heavy atom. The summed E-state index contributed by atoms with van der Waals surface area (Å²) in [5.41, 5.74) is 1.84. The van der Waals surface area contributed by atoms with Crippen LogP contribution in [-0.4, -0.2) is 27.2 Å². The van der Waals surface area contributed by atoms with E-state index in [9.17, 15) is 8.42 Å². The average molecular weight is 493 g/mol. The molecule has 0 radical (unpaired) electrons. The van der Waals surface area contributed by atoms with Gasteiger partial charge in [-0.3, -0.25) is 0 Å². The van der Waals surface area contributed by atoms with E-state index in [1.54, 1.807) is 11.3 Å². The van der Waals surface area contributed by atoms with Crippen molar-refractivity contribution in [2.75, 3.05) is 12.8 Å². The third kappa shape index (κ3) is 8.68. The lowest BCUT2D eigenvalue weighted by molar-refractivity contribution is 0.601. The molecular weight excluding hydrogens is 469 g/mol. The topological polar surface area (TPSA) is 70.6 Å². The number of nitrogens with zero attached hydrogens (tertiary/aromatic N) is 1. The number of hydrogen-bond donors (Lipinski definition) is 2. The first kappa shape index (κ1) is 21.9. The molecule has 0 atom stereocenters. The fourth-order valence-electron chi connectivity index (χ4n) is 2.14. The quantitative estimate of drug-likeness (QED) is 0.353. The SMILES string of the molecule is CCNC(=NCc1ccc(CS(C)(=O)=O)cc1)NCc1cccs1.I. The number of guanidine groups is 1. The molecule has 0 saturated heterocycles. The second-order valence-electron chi connectivity index (χ2n) is 5.51. The second kappa shape index (κ2) is 10.8. The van der Waals surface area contributed by atoms with Crippen LogP contribution in [0.5, 0.6) is 0 Å². The minimum absolute atomic E-state index is 0. The van der Waals surface area contributed by atoms with Gasteiger partial charge in [-0.2, -0.15) is 0 Å². The molecule has 8 heteroatoms. The van der Waals surface area contributed by atoms with E-state index in [0.29, 0.717) is 6.54 Å².